The SMILES string of the molecule is ClCSc1nnnn1C1CC1. The van der Waals surface area contributed by atoms with E-state index < -0.39 is 0 Å². The third kappa shape index (κ3) is 1.49. The number of nitrogens with zero attached hydrogens (tertiary/aromatic N) is 4. The number of thioether (sulfide) groups is 1. The van der Waals surface area contributed by atoms with Crippen LogP contribution in [0.1, 0.15) is 18.9 Å². The Morgan fingerprint density at radius 3 is 3.09 bits per heavy atom. The predicted octanol–water partition coefficient (Wildman–Crippen LogP) is 1.30. The standard InChI is InChI=1S/C5H7ClN4S/c6-3-11-5-7-8-9-10(5)4-1-2-4/h4H,1-3H2. The topological polar surface area (TPSA) is 43.6 Å². The maximum atomic E-state index is 5.54. The van der Waals surface area contributed by atoms with Crippen LogP contribution in [0.4, 0.5) is 0 Å². The summed E-state index contributed by atoms with van der Waals surface area (Å²) in [6.07, 6.45) is 2.39. The highest BCUT2D eigenvalue weighted by Crippen LogP contribution is 2.36. The molecule has 2 rings (SSSR count). The molecule has 4 nitrogen and oxygen atoms in total. The van der Waals surface area contributed by atoms with Crippen LogP contribution in [0.5, 0.6) is 0 Å². The number of rotatable bonds is 3. The number of alkyl halides is 1. The minimum absolute atomic E-state index is 0.507. The molecule has 1 heterocycles. The van der Waals surface area contributed by atoms with Crippen molar-refractivity contribution in [1.82, 2.24) is 20.2 Å². The van der Waals surface area contributed by atoms with Crippen LogP contribution in [0.25, 0.3) is 0 Å². The summed E-state index contributed by atoms with van der Waals surface area (Å²) in [5.41, 5.74) is 0. The van der Waals surface area contributed by atoms with E-state index in [9.17, 15) is 0 Å². The van der Waals surface area contributed by atoms with Gasteiger partial charge in [0.1, 0.15) is 0 Å². The fraction of sp³-hybridized carbons (Fsp3) is 0.800. The third-order valence-corrected chi connectivity index (χ3v) is 2.50. The highest BCUT2D eigenvalue weighted by Gasteiger charge is 2.27. The van der Waals surface area contributed by atoms with E-state index in [0.29, 0.717) is 11.3 Å². The Morgan fingerprint density at radius 1 is 1.64 bits per heavy atom. The molecule has 1 aromatic heterocycles. The van der Waals surface area contributed by atoms with Gasteiger partial charge in [0.2, 0.25) is 5.16 Å². The van der Waals surface area contributed by atoms with Gasteiger partial charge in [-0.25, -0.2) is 4.68 Å². The van der Waals surface area contributed by atoms with Crippen LogP contribution >= 0.6 is 23.4 Å². The lowest BCUT2D eigenvalue weighted by atomic mass is 10.7. The molecule has 11 heavy (non-hydrogen) atoms. The van der Waals surface area contributed by atoms with E-state index in [1.165, 1.54) is 24.6 Å². The summed E-state index contributed by atoms with van der Waals surface area (Å²) in [5, 5.41) is 12.6. The van der Waals surface area contributed by atoms with Crippen molar-refractivity contribution in [3.63, 3.8) is 0 Å². The van der Waals surface area contributed by atoms with Crippen molar-refractivity contribution in [1.29, 1.82) is 0 Å². The van der Waals surface area contributed by atoms with E-state index in [0.717, 1.165) is 5.16 Å². The maximum Gasteiger partial charge on any atom is 0.210 e. The Morgan fingerprint density at radius 2 is 2.45 bits per heavy atom. The Hall–Kier alpha value is -0.290. The van der Waals surface area contributed by atoms with Gasteiger partial charge >= 0.3 is 0 Å². The quantitative estimate of drug-likeness (QED) is 0.532. The van der Waals surface area contributed by atoms with Crippen molar-refractivity contribution in [3.05, 3.63) is 0 Å². The van der Waals surface area contributed by atoms with Crippen LogP contribution in [0.15, 0.2) is 5.16 Å². The molecule has 1 aliphatic rings. The molecule has 0 saturated heterocycles. The first kappa shape index (κ1) is 7.36. The molecule has 0 unspecified atom stereocenters. The van der Waals surface area contributed by atoms with Crippen LogP contribution < -0.4 is 0 Å². The van der Waals surface area contributed by atoms with Crippen molar-refractivity contribution in [3.8, 4) is 0 Å². The van der Waals surface area contributed by atoms with E-state index in [-0.39, 0.29) is 0 Å². The van der Waals surface area contributed by atoms with E-state index in [1.807, 2.05) is 4.68 Å². The summed E-state index contributed by atoms with van der Waals surface area (Å²) in [6, 6.07) is 0.538. The van der Waals surface area contributed by atoms with Gasteiger partial charge in [-0.2, -0.15) is 0 Å². The first-order valence-electron chi connectivity index (χ1n) is 3.38. The molecule has 60 valence electrons. The van der Waals surface area contributed by atoms with E-state index >= 15 is 0 Å². The highest BCUT2D eigenvalue weighted by atomic mass is 35.5. The third-order valence-electron chi connectivity index (χ3n) is 1.54. The van der Waals surface area contributed by atoms with Crippen LogP contribution in [-0.2, 0) is 0 Å². The van der Waals surface area contributed by atoms with Gasteiger partial charge in [0, 0.05) is 0 Å². The van der Waals surface area contributed by atoms with E-state index in [4.69, 9.17) is 11.6 Å². The number of tetrazole rings is 1. The lowest BCUT2D eigenvalue weighted by molar-refractivity contribution is 0.566. The molecule has 0 aliphatic heterocycles. The number of hydrogen-bond acceptors (Lipinski definition) is 4. The molecule has 0 spiro atoms. The smallest absolute Gasteiger partial charge is 0.210 e. The monoisotopic (exact) mass is 190 g/mol. The summed E-state index contributed by atoms with van der Waals surface area (Å²) in [6.45, 7) is 0. The molecule has 1 saturated carbocycles. The second kappa shape index (κ2) is 2.98. The molecule has 0 atom stereocenters. The summed E-state index contributed by atoms with van der Waals surface area (Å²) >= 11 is 7.01. The maximum absolute atomic E-state index is 5.54. The van der Waals surface area contributed by atoms with E-state index in [2.05, 4.69) is 15.5 Å². The van der Waals surface area contributed by atoms with Crippen molar-refractivity contribution >= 4 is 23.4 Å². The average molecular weight is 191 g/mol. The zero-order valence-corrected chi connectivity index (χ0v) is 7.35. The van der Waals surface area contributed by atoms with Gasteiger partial charge in [0.25, 0.3) is 0 Å². The van der Waals surface area contributed by atoms with Crippen LogP contribution in [0, 0.1) is 0 Å². The highest BCUT2D eigenvalue weighted by molar-refractivity contribution is 8.00. The normalized spacial score (nSPS) is 17.2. The van der Waals surface area contributed by atoms with Crippen molar-refractivity contribution in [2.75, 3.05) is 5.21 Å². The van der Waals surface area contributed by atoms with Gasteiger partial charge < -0.3 is 0 Å². The number of hydrogen-bond donors (Lipinski definition) is 0. The summed E-state index contributed by atoms with van der Waals surface area (Å²) in [4.78, 5) is 0. The van der Waals surface area contributed by atoms with Gasteiger partial charge in [-0.3, -0.25) is 0 Å². The van der Waals surface area contributed by atoms with Crippen molar-refractivity contribution in [2.45, 2.75) is 24.0 Å². The largest absolute Gasteiger partial charge is 0.217 e. The van der Waals surface area contributed by atoms with Crippen LogP contribution in [-0.4, -0.2) is 25.4 Å². The van der Waals surface area contributed by atoms with Gasteiger partial charge in [-0.05, 0) is 23.3 Å². The fourth-order valence-corrected chi connectivity index (χ4v) is 1.68. The zero-order chi connectivity index (χ0) is 7.68. The predicted molar refractivity (Wildman–Crippen MR) is 42.7 cm³/mol. The van der Waals surface area contributed by atoms with Crippen molar-refractivity contribution < 1.29 is 0 Å². The number of halogens is 1. The Balaban J connectivity index is 2.16. The minimum atomic E-state index is 0.507. The van der Waals surface area contributed by atoms with Crippen LogP contribution in [0.2, 0.25) is 0 Å². The van der Waals surface area contributed by atoms with Gasteiger partial charge in [-0.15, -0.1) is 16.7 Å². The first-order chi connectivity index (χ1) is 5.42. The summed E-state index contributed by atoms with van der Waals surface area (Å²) < 4.78 is 1.85. The zero-order valence-electron chi connectivity index (χ0n) is 5.77. The van der Waals surface area contributed by atoms with Gasteiger partial charge in [-0.1, -0.05) is 11.8 Å². The lowest BCUT2D eigenvalue weighted by Gasteiger charge is -1.97. The molecule has 0 radical (unpaired) electrons. The molecule has 6 heteroatoms. The Labute approximate surface area is 73.3 Å². The lowest BCUT2D eigenvalue weighted by Crippen LogP contribution is -1.98. The minimum Gasteiger partial charge on any atom is -0.217 e. The summed E-state index contributed by atoms with van der Waals surface area (Å²) in [5.74, 6) is 0. The Kier molecular flexibility index (Phi) is 2.00. The van der Waals surface area contributed by atoms with Gasteiger partial charge in [0.15, 0.2) is 0 Å². The number of aromatic nitrogens is 4. The van der Waals surface area contributed by atoms with E-state index in [1.54, 1.807) is 0 Å². The fourth-order valence-electron chi connectivity index (χ4n) is 0.878. The second-order valence-corrected chi connectivity index (χ2v) is 3.92. The van der Waals surface area contributed by atoms with Crippen LogP contribution in [0.3, 0.4) is 0 Å². The molecule has 1 fully saturated rings. The molecule has 0 bridgehead atoms. The Bertz CT molecular complexity index is 246. The molecule has 0 N–H and O–H groups in total. The molecule has 1 aromatic rings. The molecule has 0 amide bonds. The first-order valence-corrected chi connectivity index (χ1v) is 4.90. The molecule has 1 aliphatic carbocycles. The second-order valence-electron chi connectivity index (χ2n) is 2.39. The molecular formula is C5H7ClN4S. The van der Waals surface area contributed by atoms with Gasteiger partial charge in [0.05, 0.1) is 11.3 Å². The molecule has 0 aromatic carbocycles. The average Bonchev–Trinajstić information content (AvgIpc) is 2.75. The summed E-state index contributed by atoms with van der Waals surface area (Å²) in [7, 11) is 0. The molecular weight excluding hydrogens is 184 g/mol. The van der Waals surface area contributed by atoms with Crippen molar-refractivity contribution in [2.24, 2.45) is 0 Å².